The van der Waals surface area contributed by atoms with E-state index < -0.39 is 17.7 Å². The fraction of sp³-hybridized carbons (Fsp3) is 0.360. The number of Topliss-reactive ketones (excluding diaryl/α,β-unsaturated/α-hetero) is 1. The molecule has 164 valence electrons. The van der Waals surface area contributed by atoms with Crippen LogP contribution < -0.4 is 4.74 Å². The van der Waals surface area contributed by atoms with Gasteiger partial charge in [0.2, 0.25) is 0 Å². The first kappa shape index (κ1) is 22.6. The van der Waals surface area contributed by atoms with Crippen LogP contribution in [0.25, 0.3) is 5.76 Å². The summed E-state index contributed by atoms with van der Waals surface area (Å²) in [4.78, 5) is 27.4. The fourth-order valence-electron chi connectivity index (χ4n) is 3.70. The Morgan fingerprint density at radius 1 is 1.03 bits per heavy atom. The van der Waals surface area contributed by atoms with Crippen molar-refractivity contribution in [1.29, 1.82) is 0 Å². The molecule has 2 aromatic carbocycles. The zero-order valence-electron chi connectivity index (χ0n) is 18.0. The molecule has 1 N–H and O–H groups in total. The van der Waals surface area contributed by atoms with Gasteiger partial charge < -0.3 is 19.5 Å². The van der Waals surface area contributed by atoms with Crippen LogP contribution in [0, 0.1) is 0 Å². The Morgan fingerprint density at radius 3 is 2.52 bits per heavy atom. The van der Waals surface area contributed by atoms with Crippen LogP contribution in [0.4, 0.5) is 0 Å². The molecule has 0 aliphatic carbocycles. The molecule has 1 saturated heterocycles. The van der Waals surface area contributed by atoms with Gasteiger partial charge in [0, 0.05) is 25.8 Å². The van der Waals surface area contributed by atoms with Crippen LogP contribution in [-0.4, -0.2) is 48.6 Å². The molecule has 0 saturated carbocycles. The number of aliphatic hydroxyl groups excluding tert-OH is 1. The van der Waals surface area contributed by atoms with Gasteiger partial charge >= 0.3 is 0 Å². The minimum Gasteiger partial charge on any atom is -0.507 e. The molecule has 1 aliphatic heterocycles. The van der Waals surface area contributed by atoms with Crippen molar-refractivity contribution in [3.8, 4) is 5.75 Å². The molecule has 0 bridgehead atoms. The quantitative estimate of drug-likeness (QED) is 0.267. The predicted molar refractivity (Wildman–Crippen MR) is 119 cm³/mol. The molecule has 1 unspecified atom stereocenters. The van der Waals surface area contributed by atoms with Gasteiger partial charge in [-0.3, -0.25) is 9.59 Å². The first-order valence-corrected chi connectivity index (χ1v) is 10.6. The van der Waals surface area contributed by atoms with E-state index >= 15 is 0 Å². The number of ketones is 1. The lowest BCUT2D eigenvalue weighted by Crippen LogP contribution is -2.31. The van der Waals surface area contributed by atoms with E-state index in [-0.39, 0.29) is 11.3 Å². The van der Waals surface area contributed by atoms with Crippen molar-refractivity contribution in [2.45, 2.75) is 32.2 Å². The number of amides is 1. The normalized spacial score (nSPS) is 17.9. The Balaban J connectivity index is 2.04. The van der Waals surface area contributed by atoms with Gasteiger partial charge in [-0.2, -0.15) is 0 Å². The minimum atomic E-state index is -0.688. The number of methoxy groups -OCH3 is 1. The van der Waals surface area contributed by atoms with Gasteiger partial charge in [0.05, 0.1) is 18.2 Å². The largest absolute Gasteiger partial charge is 0.507 e. The van der Waals surface area contributed by atoms with Crippen LogP contribution in [0.15, 0.2) is 60.2 Å². The van der Waals surface area contributed by atoms with Crippen molar-refractivity contribution in [3.05, 3.63) is 71.3 Å². The van der Waals surface area contributed by atoms with Crippen LogP contribution in [0.5, 0.6) is 5.75 Å². The van der Waals surface area contributed by atoms with E-state index in [1.165, 1.54) is 4.90 Å². The molecule has 1 atom stereocenters. The standard InChI is InChI=1S/C25H29NO5/c1-3-4-16-31-20-13-8-12-19(17-20)22-21(23(27)18-10-6-5-7-11-18)24(28)25(29)26(22)14-9-15-30-2/h5-8,10-13,17,22,27H,3-4,9,14-16H2,1-2H3. The lowest BCUT2D eigenvalue weighted by molar-refractivity contribution is -0.140. The first-order chi connectivity index (χ1) is 15.1. The highest BCUT2D eigenvalue weighted by Gasteiger charge is 2.45. The zero-order valence-corrected chi connectivity index (χ0v) is 18.0. The van der Waals surface area contributed by atoms with E-state index in [4.69, 9.17) is 9.47 Å². The molecular formula is C25H29NO5. The second-order valence-corrected chi connectivity index (χ2v) is 7.48. The molecule has 1 amide bonds. The summed E-state index contributed by atoms with van der Waals surface area (Å²) in [5, 5.41) is 11.0. The van der Waals surface area contributed by atoms with Crippen molar-refractivity contribution >= 4 is 17.4 Å². The van der Waals surface area contributed by atoms with E-state index in [2.05, 4.69) is 6.92 Å². The average Bonchev–Trinajstić information content (AvgIpc) is 3.05. The van der Waals surface area contributed by atoms with Gasteiger partial charge in [-0.15, -0.1) is 0 Å². The number of ether oxygens (including phenoxy) is 2. The lowest BCUT2D eigenvalue weighted by atomic mass is 9.95. The third-order valence-electron chi connectivity index (χ3n) is 5.28. The lowest BCUT2D eigenvalue weighted by Gasteiger charge is -2.25. The van der Waals surface area contributed by atoms with E-state index in [1.807, 2.05) is 30.3 Å². The van der Waals surface area contributed by atoms with Gasteiger partial charge in [0.1, 0.15) is 11.5 Å². The Labute approximate surface area is 183 Å². The summed E-state index contributed by atoms with van der Waals surface area (Å²) in [5.41, 5.74) is 1.32. The fourth-order valence-corrected chi connectivity index (χ4v) is 3.70. The molecule has 1 heterocycles. The number of aliphatic hydroxyl groups is 1. The average molecular weight is 424 g/mol. The molecule has 0 radical (unpaired) electrons. The van der Waals surface area contributed by atoms with Crippen LogP contribution in [-0.2, 0) is 14.3 Å². The second-order valence-electron chi connectivity index (χ2n) is 7.48. The summed E-state index contributed by atoms with van der Waals surface area (Å²) in [6.07, 6.45) is 2.54. The Kier molecular flexibility index (Phi) is 7.84. The van der Waals surface area contributed by atoms with Crippen LogP contribution in [0.2, 0.25) is 0 Å². The van der Waals surface area contributed by atoms with Gasteiger partial charge in [-0.1, -0.05) is 55.8 Å². The number of benzene rings is 2. The summed E-state index contributed by atoms with van der Waals surface area (Å²) < 4.78 is 10.9. The van der Waals surface area contributed by atoms with E-state index in [0.29, 0.717) is 37.5 Å². The molecule has 6 heteroatoms. The van der Waals surface area contributed by atoms with Crippen LogP contribution in [0.1, 0.15) is 43.4 Å². The van der Waals surface area contributed by atoms with E-state index in [0.717, 1.165) is 18.4 Å². The van der Waals surface area contributed by atoms with Crippen molar-refractivity contribution in [2.75, 3.05) is 26.9 Å². The van der Waals surface area contributed by atoms with Crippen molar-refractivity contribution in [3.63, 3.8) is 0 Å². The molecule has 31 heavy (non-hydrogen) atoms. The maximum absolute atomic E-state index is 13.0. The molecule has 0 aromatic heterocycles. The summed E-state index contributed by atoms with van der Waals surface area (Å²) in [6, 6.07) is 15.5. The Bertz CT molecular complexity index is 938. The maximum atomic E-state index is 13.0. The summed E-state index contributed by atoms with van der Waals surface area (Å²) in [6.45, 7) is 3.50. The molecule has 3 rings (SSSR count). The van der Waals surface area contributed by atoms with Gasteiger partial charge in [-0.05, 0) is 30.5 Å². The number of hydrogen-bond donors (Lipinski definition) is 1. The number of rotatable bonds is 10. The van der Waals surface area contributed by atoms with Crippen LogP contribution in [0.3, 0.4) is 0 Å². The highest BCUT2D eigenvalue weighted by Crippen LogP contribution is 2.40. The number of unbranched alkanes of at least 4 members (excludes halogenated alkanes) is 1. The Morgan fingerprint density at radius 2 is 1.81 bits per heavy atom. The van der Waals surface area contributed by atoms with Crippen molar-refractivity contribution in [2.24, 2.45) is 0 Å². The number of carbonyl (C=O) groups is 2. The number of nitrogens with zero attached hydrogens (tertiary/aromatic N) is 1. The maximum Gasteiger partial charge on any atom is 0.295 e. The SMILES string of the molecule is CCCCOc1cccc(C2C(=C(O)c3ccccc3)C(=O)C(=O)N2CCCOC)c1. The third kappa shape index (κ3) is 5.14. The molecular weight excluding hydrogens is 394 g/mol. The highest BCUT2D eigenvalue weighted by molar-refractivity contribution is 6.46. The summed E-state index contributed by atoms with van der Waals surface area (Å²) in [7, 11) is 1.60. The van der Waals surface area contributed by atoms with Crippen molar-refractivity contribution < 1.29 is 24.2 Å². The van der Waals surface area contributed by atoms with E-state index in [1.54, 1.807) is 31.4 Å². The number of carbonyl (C=O) groups excluding carboxylic acids is 2. The van der Waals surface area contributed by atoms with E-state index in [9.17, 15) is 14.7 Å². The summed E-state index contributed by atoms with van der Waals surface area (Å²) >= 11 is 0. The molecule has 1 aliphatic rings. The highest BCUT2D eigenvalue weighted by atomic mass is 16.5. The molecule has 0 spiro atoms. The number of hydrogen-bond acceptors (Lipinski definition) is 5. The van der Waals surface area contributed by atoms with Crippen molar-refractivity contribution in [1.82, 2.24) is 4.90 Å². The Hall–Kier alpha value is -3.12. The third-order valence-corrected chi connectivity index (χ3v) is 5.28. The molecule has 2 aromatic rings. The molecule has 1 fully saturated rings. The van der Waals surface area contributed by atoms with Gasteiger partial charge in [0.25, 0.3) is 11.7 Å². The van der Waals surface area contributed by atoms with Crippen LogP contribution >= 0.6 is 0 Å². The van der Waals surface area contributed by atoms with Gasteiger partial charge in [0.15, 0.2) is 0 Å². The van der Waals surface area contributed by atoms with Gasteiger partial charge in [-0.25, -0.2) is 0 Å². The smallest absolute Gasteiger partial charge is 0.295 e. The number of likely N-dealkylation sites (tertiary alicyclic amines) is 1. The monoisotopic (exact) mass is 423 g/mol. The zero-order chi connectivity index (χ0) is 22.2. The predicted octanol–water partition coefficient (Wildman–Crippen LogP) is 4.32. The molecule has 6 nitrogen and oxygen atoms in total. The topological polar surface area (TPSA) is 76.1 Å². The summed E-state index contributed by atoms with van der Waals surface area (Å²) in [5.74, 6) is -0.791. The first-order valence-electron chi connectivity index (χ1n) is 10.6. The minimum absolute atomic E-state index is 0.0966. The second kappa shape index (κ2) is 10.8.